The van der Waals surface area contributed by atoms with E-state index in [1.807, 2.05) is 18.6 Å². The van der Waals surface area contributed by atoms with Crippen molar-refractivity contribution < 1.29 is 0 Å². The number of hydrogen-bond acceptors (Lipinski definition) is 8. The summed E-state index contributed by atoms with van der Waals surface area (Å²) in [6.07, 6.45) is 1.87. The van der Waals surface area contributed by atoms with Crippen LogP contribution in [0.15, 0.2) is 11.6 Å². The van der Waals surface area contributed by atoms with Gasteiger partial charge in [-0.15, -0.1) is 21.5 Å². The first-order valence-electron chi connectivity index (χ1n) is 6.22. The average Bonchev–Trinajstić information content (AvgIpc) is 3.10. The van der Waals surface area contributed by atoms with Crippen LogP contribution >= 0.6 is 22.7 Å². The molecule has 6 nitrogen and oxygen atoms in total. The summed E-state index contributed by atoms with van der Waals surface area (Å²) in [6, 6.07) is 0. The Balaban J connectivity index is 1.52. The van der Waals surface area contributed by atoms with Gasteiger partial charge in [-0.1, -0.05) is 11.3 Å². The summed E-state index contributed by atoms with van der Waals surface area (Å²) in [5.41, 5.74) is 0. The maximum atomic E-state index is 4.36. The van der Waals surface area contributed by atoms with Crippen molar-refractivity contribution in [3.05, 3.63) is 16.6 Å². The second kappa shape index (κ2) is 5.81. The fourth-order valence-electron chi connectivity index (χ4n) is 2.08. The molecule has 0 unspecified atom stereocenters. The molecule has 3 rings (SSSR count). The lowest BCUT2D eigenvalue weighted by Crippen LogP contribution is -2.45. The van der Waals surface area contributed by atoms with E-state index in [1.165, 1.54) is 0 Å². The SMILES string of the molecule is CNc1nnc(CN2CCN(c3nccs3)CC2)s1. The summed E-state index contributed by atoms with van der Waals surface area (Å²) in [7, 11) is 1.87. The third kappa shape index (κ3) is 3.02. The zero-order chi connectivity index (χ0) is 13.1. The second-order valence-corrected chi connectivity index (χ2v) is 6.26. The Hall–Kier alpha value is -1.25. The molecule has 0 atom stereocenters. The van der Waals surface area contributed by atoms with Crippen molar-refractivity contribution in [3.63, 3.8) is 0 Å². The fourth-order valence-corrected chi connectivity index (χ4v) is 3.51. The molecule has 0 spiro atoms. The number of piperazine rings is 1. The summed E-state index contributed by atoms with van der Waals surface area (Å²) in [5.74, 6) is 0. The van der Waals surface area contributed by atoms with E-state index in [9.17, 15) is 0 Å². The minimum absolute atomic E-state index is 0.886. The number of thiazole rings is 1. The molecule has 102 valence electrons. The van der Waals surface area contributed by atoms with Crippen molar-refractivity contribution in [2.75, 3.05) is 43.4 Å². The van der Waals surface area contributed by atoms with Crippen LogP contribution in [0, 0.1) is 0 Å². The minimum atomic E-state index is 0.886. The summed E-state index contributed by atoms with van der Waals surface area (Å²) in [5, 5.41) is 16.4. The van der Waals surface area contributed by atoms with Gasteiger partial charge in [-0.25, -0.2) is 4.98 Å². The monoisotopic (exact) mass is 296 g/mol. The van der Waals surface area contributed by atoms with Crippen LogP contribution in [0.3, 0.4) is 0 Å². The molecular weight excluding hydrogens is 280 g/mol. The van der Waals surface area contributed by atoms with Crippen molar-refractivity contribution in [1.82, 2.24) is 20.1 Å². The Morgan fingerprint density at radius 2 is 2.11 bits per heavy atom. The molecule has 1 aliphatic heterocycles. The quantitative estimate of drug-likeness (QED) is 0.919. The molecule has 19 heavy (non-hydrogen) atoms. The first kappa shape index (κ1) is 12.8. The Labute approximate surface area is 120 Å². The molecule has 1 fully saturated rings. The Morgan fingerprint density at radius 3 is 2.74 bits per heavy atom. The molecule has 1 N–H and O–H groups in total. The molecule has 0 aliphatic carbocycles. The topological polar surface area (TPSA) is 57.2 Å². The van der Waals surface area contributed by atoms with Gasteiger partial charge in [0.2, 0.25) is 5.13 Å². The molecule has 0 bridgehead atoms. The van der Waals surface area contributed by atoms with E-state index in [1.54, 1.807) is 22.7 Å². The zero-order valence-electron chi connectivity index (χ0n) is 10.7. The lowest BCUT2D eigenvalue weighted by atomic mass is 10.3. The smallest absolute Gasteiger partial charge is 0.205 e. The van der Waals surface area contributed by atoms with Crippen molar-refractivity contribution in [2.45, 2.75) is 6.54 Å². The van der Waals surface area contributed by atoms with Crippen molar-refractivity contribution in [3.8, 4) is 0 Å². The standard InChI is InChI=1S/C11H16N6S2/c1-12-10-15-14-9(19-10)8-16-3-5-17(6-4-16)11-13-2-7-18-11/h2,7H,3-6,8H2,1H3,(H,12,15). The number of hydrogen-bond donors (Lipinski definition) is 1. The Kier molecular flexibility index (Phi) is 3.90. The first-order chi connectivity index (χ1) is 9.35. The number of nitrogens with zero attached hydrogens (tertiary/aromatic N) is 5. The lowest BCUT2D eigenvalue weighted by molar-refractivity contribution is 0.249. The summed E-state index contributed by atoms with van der Waals surface area (Å²) < 4.78 is 0. The van der Waals surface area contributed by atoms with Crippen molar-refractivity contribution in [1.29, 1.82) is 0 Å². The molecule has 0 saturated carbocycles. The molecule has 1 aliphatic rings. The zero-order valence-corrected chi connectivity index (χ0v) is 12.4. The van der Waals surface area contributed by atoms with E-state index < -0.39 is 0 Å². The molecular formula is C11H16N6S2. The highest BCUT2D eigenvalue weighted by atomic mass is 32.1. The van der Waals surface area contributed by atoms with Crippen LogP contribution in [-0.2, 0) is 6.54 Å². The highest BCUT2D eigenvalue weighted by molar-refractivity contribution is 7.15. The summed E-state index contributed by atoms with van der Waals surface area (Å²) in [6.45, 7) is 5.06. The van der Waals surface area contributed by atoms with Gasteiger partial charge >= 0.3 is 0 Å². The predicted molar refractivity (Wildman–Crippen MR) is 79.1 cm³/mol. The summed E-state index contributed by atoms with van der Waals surface area (Å²) in [4.78, 5) is 9.13. The number of rotatable bonds is 4. The molecule has 1 saturated heterocycles. The Morgan fingerprint density at radius 1 is 1.26 bits per heavy atom. The van der Waals surface area contributed by atoms with E-state index >= 15 is 0 Å². The molecule has 2 aromatic heterocycles. The number of nitrogens with one attached hydrogen (secondary N) is 1. The third-order valence-corrected chi connectivity index (χ3v) is 4.86. The normalized spacial score (nSPS) is 16.8. The minimum Gasteiger partial charge on any atom is -0.363 e. The highest BCUT2D eigenvalue weighted by Crippen LogP contribution is 2.21. The second-order valence-electron chi connectivity index (χ2n) is 4.33. The molecule has 3 heterocycles. The molecule has 0 aromatic carbocycles. The van der Waals surface area contributed by atoms with Gasteiger partial charge in [-0.3, -0.25) is 4.90 Å². The fraction of sp³-hybridized carbons (Fsp3) is 0.545. The van der Waals surface area contributed by atoms with Gasteiger partial charge in [0.25, 0.3) is 0 Å². The van der Waals surface area contributed by atoms with E-state index in [2.05, 4.69) is 30.3 Å². The first-order valence-corrected chi connectivity index (χ1v) is 7.91. The van der Waals surface area contributed by atoms with E-state index in [-0.39, 0.29) is 0 Å². The molecule has 8 heteroatoms. The van der Waals surface area contributed by atoms with Gasteiger partial charge in [-0.2, -0.15) is 0 Å². The number of anilines is 2. The van der Waals surface area contributed by atoms with Crippen LogP contribution in [0.4, 0.5) is 10.3 Å². The predicted octanol–water partition coefficient (Wildman–Crippen LogP) is 1.36. The van der Waals surface area contributed by atoms with Gasteiger partial charge in [0.1, 0.15) is 5.01 Å². The third-order valence-electron chi connectivity index (χ3n) is 3.10. The van der Waals surface area contributed by atoms with Crippen LogP contribution < -0.4 is 10.2 Å². The van der Waals surface area contributed by atoms with E-state index in [0.29, 0.717) is 0 Å². The van der Waals surface area contributed by atoms with Gasteiger partial charge < -0.3 is 10.2 Å². The lowest BCUT2D eigenvalue weighted by Gasteiger charge is -2.33. The molecule has 0 radical (unpaired) electrons. The van der Waals surface area contributed by atoms with Gasteiger partial charge in [0.15, 0.2) is 5.13 Å². The molecule has 0 amide bonds. The number of aromatic nitrogens is 3. The Bertz CT molecular complexity index is 503. The van der Waals surface area contributed by atoms with Crippen LogP contribution in [0.2, 0.25) is 0 Å². The summed E-state index contributed by atoms with van der Waals surface area (Å²) >= 11 is 3.33. The van der Waals surface area contributed by atoms with Crippen LogP contribution in [-0.4, -0.2) is 53.3 Å². The van der Waals surface area contributed by atoms with Gasteiger partial charge in [0.05, 0.1) is 6.54 Å². The van der Waals surface area contributed by atoms with Crippen LogP contribution in [0.5, 0.6) is 0 Å². The van der Waals surface area contributed by atoms with E-state index in [0.717, 1.165) is 48.0 Å². The maximum Gasteiger partial charge on any atom is 0.205 e. The van der Waals surface area contributed by atoms with Gasteiger partial charge in [0, 0.05) is 44.8 Å². The average molecular weight is 296 g/mol. The van der Waals surface area contributed by atoms with E-state index in [4.69, 9.17) is 0 Å². The van der Waals surface area contributed by atoms with Crippen LogP contribution in [0.25, 0.3) is 0 Å². The van der Waals surface area contributed by atoms with Crippen molar-refractivity contribution >= 4 is 32.9 Å². The maximum absolute atomic E-state index is 4.36. The molecule has 2 aromatic rings. The highest BCUT2D eigenvalue weighted by Gasteiger charge is 2.19. The van der Waals surface area contributed by atoms with Gasteiger partial charge in [-0.05, 0) is 0 Å². The largest absolute Gasteiger partial charge is 0.363 e. The van der Waals surface area contributed by atoms with Crippen LogP contribution in [0.1, 0.15) is 5.01 Å². The van der Waals surface area contributed by atoms with Crippen molar-refractivity contribution in [2.24, 2.45) is 0 Å².